The SMILES string of the molecule is COC(=O)c1ccccc1-c1ccc(C=c2sc3n(c2=O)C(c2ccccc2Cl)C(C(=O)OC(C)C)=C(C)N=3)o1. The molecule has 0 fully saturated rings. The minimum absolute atomic E-state index is 0.250. The number of carbonyl (C=O) groups excluding carboxylic acids is 2. The summed E-state index contributed by atoms with van der Waals surface area (Å²) in [6.45, 7) is 5.23. The highest BCUT2D eigenvalue weighted by atomic mass is 35.5. The van der Waals surface area contributed by atoms with Crippen LogP contribution in [0.2, 0.25) is 5.02 Å². The first-order valence-electron chi connectivity index (χ1n) is 12.4. The molecule has 2 aromatic carbocycles. The molecule has 0 aliphatic carbocycles. The van der Waals surface area contributed by atoms with Crippen LogP contribution in [0.1, 0.15) is 48.5 Å². The molecule has 0 spiro atoms. The number of fused-ring (bicyclic) bond motifs is 1. The zero-order valence-corrected chi connectivity index (χ0v) is 23.7. The molecule has 10 heteroatoms. The summed E-state index contributed by atoms with van der Waals surface area (Å²) in [7, 11) is 1.32. The van der Waals surface area contributed by atoms with Gasteiger partial charge < -0.3 is 13.9 Å². The van der Waals surface area contributed by atoms with Crippen LogP contribution < -0.4 is 14.9 Å². The highest BCUT2D eigenvalue weighted by Gasteiger charge is 2.34. The quantitative estimate of drug-likeness (QED) is 0.303. The Hall–Kier alpha value is -4.21. The molecule has 204 valence electrons. The molecule has 0 radical (unpaired) electrons. The van der Waals surface area contributed by atoms with Crippen LogP contribution >= 0.6 is 22.9 Å². The van der Waals surface area contributed by atoms with E-state index in [9.17, 15) is 14.4 Å². The van der Waals surface area contributed by atoms with Gasteiger partial charge in [-0.25, -0.2) is 14.6 Å². The third-order valence-corrected chi connectivity index (χ3v) is 7.61. The Morgan fingerprint density at radius 1 is 1.07 bits per heavy atom. The molecule has 2 aromatic heterocycles. The first-order chi connectivity index (χ1) is 19.2. The summed E-state index contributed by atoms with van der Waals surface area (Å²) < 4.78 is 18.2. The molecule has 8 nitrogen and oxygen atoms in total. The second-order valence-corrected chi connectivity index (χ2v) is 10.7. The standard InChI is InChI=1S/C30H25ClN2O6S/c1-16(2)38-29(36)25-17(3)32-30-33(26(25)21-11-7-8-12-22(21)31)27(34)24(40-30)15-18-13-14-23(39-18)19-9-5-6-10-20(19)28(35)37-4/h5-16,26H,1-4H3. The number of hydrogen-bond acceptors (Lipinski definition) is 8. The number of halogens is 1. The molecule has 0 N–H and O–H groups in total. The van der Waals surface area contributed by atoms with E-state index in [0.717, 1.165) is 0 Å². The Morgan fingerprint density at radius 3 is 2.52 bits per heavy atom. The predicted molar refractivity (Wildman–Crippen MR) is 152 cm³/mol. The van der Waals surface area contributed by atoms with Gasteiger partial charge in [0.25, 0.3) is 5.56 Å². The van der Waals surface area contributed by atoms with Crippen molar-refractivity contribution >= 4 is 41.0 Å². The Kier molecular flexibility index (Phi) is 7.60. The van der Waals surface area contributed by atoms with Crippen LogP contribution in [0.3, 0.4) is 0 Å². The Labute approximate surface area is 238 Å². The van der Waals surface area contributed by atoms with Gasteiger partial charge in [-0.15, -0.1) is 0 Å². The summed E-state index contributed by atoms with van der Waals surface area (Å²) in [6, 6.07) is 16.6. The fourth-order valence-corrected chi connectivity index (χ4v) is 5.81. The van der Waals surface area contributed by atoms with Gasteiger partial charge in [0.1, 0.15) is 17.6 Å². The van der Waals surface area contributed by atoms with Gasteiger partial charge >= 0.3 is 11.9 Å². The van der Waals surface area contributed by atoms with E-state index in [4.69, 9.17) is 25.5 Å². The zero-order chi connectivity index (χ0) is 28.6. The lowest BCUT2D eigenvalue weighted by atomic mass is 9.96. The molecule has 1 atom stereocenters. The fraction of sp³-hybridized carbons (Fsp3) is 0.200. The van der Waals surface area contributed by atoms with Crippen molar-refractivity contribution in [3.8, 4) is 11.3 Å². The highest BCUT2D eigenvalue weighted by molar-refractivity contribution is 7.07. The molecule has 0 bridgehead atoms. The van der Waals surface area contributed by atoms with E-state index >= 15 is 0 Å². The first kappa shape index (κ1) is 27.4. The number of benzene rings is 2. The van der Waals surface area contributed by atoms with Crippen LogP contribution in [0.15, 0.2) is 86.1 Å². The minimum Gasteiger partial charge on any atom is -0.465 e. The highest BCUT2D eigenvalue weighted by Crippen LogP contribution is 2.34. The normalized spacial score (nSPS) is 15.2. The Bertz CT molecular complexity index is 1850. The van der Waals surface area contributed by atoms with Crippen LogP contribution in [-0.4, -0.2) is 29.7 Å². The van der Waals surface area contributed by atoms with Crippen molar-refractivity contribution in [3.05, 3.63) is 114 Å². The number of carbonyl (C=O) groups is 2. The lowest BCUT2D eigenvalue weighted by Gasteiger charge is -2.26. The lowest BCUT2D eigenvalue weighted by Crippen LogP contribution is -2.40. The van der Waals surface area contributed by atoms with E-state index in [0.29, 0.717) is 48.3 Å². The van der Waals surface area contributed by atoms with E-state index in [1.165, 1.54) is 23.0 Å². The largest absolute Gasteiger partial charge is 0.465 e. The van der Waals surface area contributed by atoms with E-state index in [2.05, 4.69) is 4.99 Å². The van der Waals surface area contributed by atoms with Crippen molar-refractivity contribution < 1.29 is 23.5 Å². The molecule has 5 rings (SSSR count). The third kappa shape index (κ3) is 5.05. The Morgan fingerprint density at radius 2 is 1.80 bits per heavy atom. The average Bonchev–Trinajstić information content (AvgIpc) is 3.51. The van der Waals surface area contributed by atoms with Gasteiger partial charge in [0.2, 0.25) is 0 Å². The lowest BCUT2D eigenvalue weighted by molar-refractivity contribution is -0.143. The number of rotatable bonds is 6. The summed E-state index contributed by atoms with van der Waals surface area (Å²) in [5, 5.41) is 0.409. The smallest absolute Gasteiger partial charge is 0.338 e. The molecule has 3 heterocycles. The van der Waals surface area contributed by atoms with Crippen molar-refractivity contribution in [1.82, 2.24) is 4.57 Å². The van der Waals surface area contributed by atoms with Crippen LogP contribution in [-0.2, 0) is 14.3 Å². The zero-order valence-electron chi connectivity index (χ0n) is 22.1. The summed E-state index contributed by atoms with van der Waals surface area (Å²) >= 11 is 7.74. The van der Waals surface area contributed by atoms with Gasteiger partial charge in [-0.2, -0.15) is 0 Å². The third-order valence-electron chi connectivity index (χ3n) is 6.28. The van der Waals surface area contributed by atoms with Crippen LogP contribution in [0.5, 0.6) is 0 Å². The van der Waals surface area contributed by atoms with Crippen molar-refractivity contribution in [3.63, 3.8) is 0 Å². The maximum absolute atomic E-state index is 13.8. The van der Waals surface area contributed by atoms with E-state index < -0.39 is 18.0 Å². The van der Waals surface area contributed by atoms with Crippen molar-refractivity contribution in [2.24, 2.45) is 4.99 Å². The molecule has 1 unspecified atom stereocenters. The molecule has 40 heavy (non-hydrogen) atoms. The summed E-state index contributed by atoms with van der Waals surface area (Å²) in [5.74, 6) is -0.188. The molecule has 0 amide bonds. The molecule has 0 saturated carbocycles. The van der Waals surface area contributed by atoms with Gasteiger partial charge in [0.05, 0.1) is 34.6 Å². The van der Waals surface area contributed by atoms with Gasteiger partial charge in [-0.1, -0.05) is 59.3 Å². The monoisotopic (exact) mass is 576 g/mol. The van der Waals surface area contributed by atoms with E-state index in [-0.39, 0.29) is 17.2 Å². The number of aromatic nitrogens is 1. The molecule has 4 aromatic rings. The maximum Gasteiger partial charge on any atom is 0.338 e. The number of hydrogen-bond donors (Lipinski definition) is 0. The van der Waals surface area contributed by atoms with Crippen LogP contribution in [0.4, 0.5) is 0 Å². The summed E-state index contributed by atoms with van der Waals surface area (Å²) in [4.78, 5) is 44.3. The minimum atomic E-state index is -0.822. The topological polar surface area (TPSA) is 100 Å². The van der Waals surface area contributed by atoms with Gasteiger partial charge in [0.15, 0.2) is 4.80 Å². The number of allylic oxidation sites excluding steroid dienone is 1. The van der Waals surface area contributed by atoms with Gasteiger partial charge in [-0.3, -0.25) is 9.36 Å². The predicted octanol–water partition coefficient (Wildman–Crippen LogP) is 4.89. The molecule has 1 aliphatic heterocycles. The van der Waals surface area contributed by atoms with Crippen molar-refractivity contribution in [2.45, 2.75) is 32.9 Å². The molecular weight excluding hydrogens is 552 g/mol. The fourth-order valence-electron chi connectivity index (χ4n) is 4.54. The van der Waals surface area contributed by atoms with Gasteiger partial charge in [-0.05, 0) is 50.6 Å². The molecular formula is C30H25ClN2O6S. The first-order valence-corrected chi connectivity index (χ1v) is 13.6. The number of furan rings is 1. The van der Waals surface area contributed by atoms with Crippen LogP contribution in [0, 0.1) is 0 Å². The second-order valence-electron chi connectivity index (χ2n) is 9.30. The van der Waals surface area contributed by atoms with E-state index in [1.807, 2.05) is 0 Å². The number of ether oxygens (including phenoxy) is 2. The Balaban J connectivity index is 1.64. The maximum atomic E-state index is 13.8. The summed E-state index contributed by atoms with van der Waals surface area (Å²) in [5.41, 5.74) is 1.85. The van der Waals surface area contributed by atoms with Crippen molar-refractivity contribution in [2.75, 3.05) is 7.11 Å². The molecule has 1 aliphatic rings. The second kappa shape index (κ2) is 11.1. The molecule has 0 saturated heterocycles. The van der Waals surface area contributed by atoms with Crippen molar-refractivity contribution in [1.29, 1.82) is 0 Å². The van der Waals surface area contributed by atoms with Gasteiger partial charge in [0, 0.05) is 16.7 Å². The van der Waals surface area contributed by atoms with E-state index in [1.54, 1.807) is 87.5 Å². The summed E-state index contributed by atoms with van der Waals surface area (Å²) in [6.07, 6.45) is 1.25. The number of nitrogens with zero attached hydrogens (tertiary/aromatic N) is 2. The number of thiazole rings is 1. The number of esters is 2. The van der Waals surface area contributed by atoms with Crippen LogP contribution in [0.25, 0.3) is 17.4 Å². The average molecular weight is 577 g/mol. The number of methoxy groups -OCH3 is 1.